The van der Waals surface area contributed by atoms with Crippen LogP contribution in [0.5, 0.6) is 11.5 Å². The van der Waals surface area contributed by atoms with Crippen molar-refractivity contribution in [2.45, 2.75) is 64.5 Å². The summed E-state index contributed by atoms with van der Waals surface area (Å²) in [4.78, 5) is 66.0. The maximum Gasteiger partial charge on any atom is 0.273 e. The van der Waals surface area contributed by atoms with Crippen LogP contribution in [0.25, 0.3) is 21.9 Å². The van der Waals surface area contributed by atoms with E-state index in [4.69, 9.17) is 9.47 Å². The number of carbonyl (C=O) groups excluding carboxylic acids is 3. The molecule has 0 unspecified atom stereocenters. The molecule has 61 heavy (non-hydrogen) atoms. The van der Waals surface area contributed by atoms with E-state index in [0.717, 1.165) is 140 Å². The van der Waals surface area contributed by atoms with Crippen molar-refractivity contribution in [2.24, 2.45) is 18.4 Å². The van der Waals surface area contributed by atoms with Gasteiger partial charge in [-0.15, -0.1) is 0 Å². The van der Waals surface area contributed by atoms with Gasteiger partial charge in [0.05, 0.1) is 31.7 Å². The molecule has 1 spiro atoms. The fourth-order valence-corrected chi connectivity index (χ4v) is 10.6. The van der Waals surface area contributed by atoms with Gasteiger partial charge in [-0.05, 0) is 112 Å². The molecular weight excluding hydrogens is 773 g/mol. The molecule has 0 saturated carbocycles. The monoisotopic (exact) mass is 828 g/mol. The molecule has 3 amide bonds. The molecule has 14 nitrogen and oxygen atoms in total. The van der Waals surface area contributed by atoms with Crippen LogP contribution in [-0.2, 0) is 29.7 Å². The Hall–Kier alpha value is -5.47. The first-order chi connectivity index (χ1) is 29.6. The van der Waals surface area contributed by atoms with Crippen LogP contribution >= 0.6 is 0 Å². The molecule has 0 radical (unpaired) electrons. The predicted octanol–water partition coefficient (Wildman–Crippen LogP) is 5.05. The third-order valence-corrected chi connectivity index (χ3v) is 14.5. The number of hydrogen-bond acceptors (Lipinski definition) is 11. The standard InChI is InChI=1S/C47H56N8O6/c1-49-27-38(36-23-42(52-14-5-15-52)48-24-37(36)45(49)58)33-20-40(60-2)39(41(21-33)61-3)28-50-16-10-31(11-17-50)25-51-18-12-47(13-19-51)29-53(30-47)34-9-8-32-26-54(46(59)35(32)22-34)55-43(56)6-4-7-44(55)57/h8-9,20-24,27,31H,4-7,10-19,25-26,28-30H2,1-3H3. The average Bonchev–Trinajstić information content (AvgIpc) is 3.56. The fraction of sp³-hybridized carbons (Fsp3) is 0.511. The topological polar surface area (TPSA) is 124 Å². The summed E-state index contributed by atoms with van der Waals surface area (Å²) in [6, 6.07) is 12.3. The maximum atomic E-state index is 13.4. The highest BCUT2D eigenvalue weighted by atomic mass is 16.5. The largest absolute Gasteiger partial charge is 0.496 e. The van der Waals surface area contributed by atoms with Gasteiger partial charge in [0.25, 0.3) is 11.5 Å². The molecule has 4 aromatic rings. The summed E-state index contributed by atoms with van der Waals surface area (Å²) >= 11 is 0. The lowest BCUT2D eigenvalue weighted by Gasteiger charge is -2.55. The van der Waals surface area contributed by atoms with E-state index in [1.807, 2.05) is 24.4 Å². The number of carbonyl (C=O) groups is 3. The van der Waals surface area contributed by atoms with Crippen molar-refractivity contribution in [1.29, 1.82) is 0 Å². The van der Waals surface area contributed by atoms with Crippen molar-refractivity contribution in [1.82, 2.24) is 29.4 Å². The van der Waals surface area contributed by atoms with Gasteiger partial charge in [-0.1, -0.05) is 6.07 Å². The summed E-state index contributed by atoms with van der Waals surface area (Å²) in [5.74, 6) is 2.30. The van der Waals surface area contributed by atoms with Crippen molar-refractivity contribution < 1.29 is 23.9 Å². The molecule has 0 bridgehead atoms. The van der Waals surface area contributed by atoms with E-state index in [2.05, 4.69) is 42.8 Å². The van der Waals surface area contributed by atoms with E-state index in [9.17, 15) is 19.2 Å². The number of methoxy groups -OCH3 is 2. The zero-order valence-electron chi connectivity index (χ0n) is 35.7. The minimum Gasteiger partial charge on any atom is -0.496 e. The van der Waals surface area contributed by atoms with Crippen LogP contribution in [-0.4, -0.2) is 120 Å². The zero-order chi connectivity index (χ0) is 42.0. The first-order valence-corrected chi connectivity index (χ1v) is 22.1. The Balaban J connectivity index is 0.730. The number of hydrazine groups is 1. The van der Waals surface area contributed by atoms with Crippen LogP contribution in [0.2, 0.25) is 0 Å². The van der Waals surface area contributed by atoms with Crippen LogP contribution in [0.3, 0.4) is 0 Å². The normalized spacial score (nSPS) is 21.0. The molecule has 6 aliphatic rings. The summed E-state index contributed by atoms with van der Waals surface area (Å²) in [5.41, 5.74) is 5.68. The maximum absolute atomic E-state index is 13.4. The highest BCUT2D eigenvalue weighted by molar-refractivity contribution is 6.05. The molecule has 0 N–H and O–H groups in total. The zero-order valence-corrected chi connectivity index (χ0v) is 35.7. The molecule has 8 heterocycles. The summed E-state index contributed by atoms with van der Waals surface area (Å²) in [6.45, 7) is 10.4. The fourth-order valence-electron chi connectivity index (χ4n) is 10.6. The number of rotatable bonds is 10. The number of amides is 3. The number of hydrogen-bond donors (Lipinski definition) is 0. The van der Waals surface area contributed by atoms with Gasteiger partial charge in [0, 0.05) is 99.2 Å². The Morgan fingerprint density at radius 2 is 1.48 bits per heavy atom. The number of nitrogens with zero attached hydrogens (tertiary/aromatic N) is 8. The number of imide groups is 1. The second-order valence-electron chi connectivity index (χ2n) is 18.3. The van der Waals surface area contributed by atoms with E-state index in [1.54, 1.807) is 32.0 Å². The van der Waals surface area contributed by atoms with Crippen LogP contribution in [0.15, 0.2) is 53.6 Å². The van der Waals surface area contributed by atoms with Crippen LogP contribution in [0, 0.1) is 11.3 Å². The van der Waals surface area contributed by atoms with E-state index in [1.165, 1.54) is 17.9 Å². The summed E-state index contributed by atoms with van der Waals surface area (Å²) in [6.07, 6.45) is 10.6. The Kier molecular flexibility index (Phi) is 10.3. The minimum atomic E-state index is -0.289. The van der Waals surface area contributed by atoms with Crippen LogP contribution < -0.4 is 24.8 Å². The number of fused-ring (bicyclic) bond motifs is 2. The molecule has 14 heteroatoms. The Morgan fingerprint density at radius 1 is 0.770 bits per heavy atom. The third kappa shape index (κ3) is 7.20. The second kappa shape index (κ2) is 15.8. The van der Waals surface area contributed by atoms with Gasteiger partial charge in [0.1, 0.15) is 17.3 Å². The smallest absolute Gasteiger partial charge is 0.273 e. The molecular formula is C47H56N8O6. The summed E-state index contributed by atoms with van der Waals surface area (Å²) in [5, 5.41) is 3.90. The number of anilines is 2. The molecule has 6 aliphatic heterocycles. The molecule has 0 aliphatic carbocycles. The Bertz CT molecular complexity index is 2420. The van der Waals surface area contributed by atoms with Gasteiger partial charge in [-0.2, -0.15) is 5.01 Å². The Morgan fingerprint density at radius 3 is 2.13 bits per heavy atom. The quantitative estimate of drug-likeness (QED) is 0.200. The SMILES string of the molecule is COc1cc(-c2cn(C)c(=O)c3cnc(N4CCC4)cc23)cc(OC)c1CN1CCC(CN2CCC3(CC2)CN(c2ccc4c(c2)C(=O)N(N2C(=O)CCCC2=O)C4)C3)CC1. The van der Waals surface area contributed by atoms with Gasteiger partial charge < -0.3 is 28.7 Å². The lowest BCUT2D eigenvalue weighted by atomic mass is 9.71. The van der Waals surface area contributed by atoms with Gasteiger partial charge in [-0.3, -0.25) is 24.1 Å². The summed E-state index contributed by atoms with van der Waals surface area (Å²) in [7, 11) is 5.23. The highest BCUT2D eigenvalue weighted by Gasteiger charge is 2.46. The first kappa shape index (κ1) is 39.7. The second-order valence-corrected chi connectivity index (χ2v) is 18.3. The lowest BCUT2D eigenvalue weighted by Crippen LogP contribution is -2.60. The van der Waals surface area contributed by atoms with Crippen molar-refractivity contribution in [3.63, 3.8) is 0 Å². The average molecular weight is 829 g/mol. The molecule has 5 fully saturated rings. The molecule has 320 valence electrons. The number of piperidine rings is 3. The predicted molar refractivity (Wildman–Crippen MR) is 233 cm³/mol. The van der Waals surface area contributed by atoms with Crippen molar-refractivity contribution in [3.05, 3.63) is 75.8 Å². The highest BCUT2D eigenvalue weighted by Crippen LogP contribution is 2.44. The molecule has 10 rings (SSSR count). The number of ether oxygens (including phenoxy) is 2. The van der Waals surface area contributed by atoms with Gasteiger partial charge in [0.15, 0.2) is 0 Å². The Labute approximate surface area is 356 Å². The van der Waals surface area contributed by atoms with Crippen molar-refractivity contribution in [3.8, 4) is 22.6 Å². The number of benzene rings is 2. The molecule has 2 aromatic carbocycles. The minimum absolute atomic E-state index is 0.0645. The molecule has 0 atom stereocenters. The van der Waals surface area contributed by atoms with Gasteiger partial charge >= 0.3 is 0 Å². The third-order valence-electron chi connectivity index (χ3n) is 14.5. The molecule has 5 saturated heterocycles. The van der Waals surface area contributed by atoms with E-state index in [0.29, 0.717) is 41.5 Å². The molecule has 2 aromatic heterocycles. The number of aryl methyl sites for hydroxylation is 1. The van der Waals surface area contributed by atoms with Gasteiger partial charge in [0.2, 0.25) is 11.8 Å². The number of aromatic nitrogens is 2. The van der Waals surface area contributed by atoms with Crippen LogP contribution in [0.1, 0.15) is 72.9 Å². The van der Waals surface area contributed by atoms with Crippen molar-refractivity contribution in [2.75, 3.05) is 82.9 Å². The van der Waals surface area contributed by atoms with E-state index < -0.39 is 0 Å². The van der Waals surface area contributed by atoms with Crippen LogP contribution in [0.4, 0.5) is 11.5 Å². The first-order valence-electron chi connectivity index (χ1n) is 22.1. The van der Waals surface area contributed by atoms with E-state index in [-0.39, 0.29) is 29.8 Å². The number of likely N-dealkylation sites (tertiary alicyclic amines) is 2. The van der Waals surface area contributed by atoms with Gasteiger partial charge in [-0.25, -0.2) is 9.99 Å². The lowest BCUT2D eigenvalue weighted by molar-refractivity contribution is -0.163. The van der Waals surface area contributed by atoms with Crippen molar-refractivity contribution >= 4 is 40.0 Å². The number of pyridine rings is 2. The summed E-state index contributed by atoms with van der Waals surface area (Å²) < 4.78 is 13.7. The van der Waals surface area contributed by atoms with E-state index >= 15 is 0 Å².